The molecule has 4 nitrogen and oxygen atoms in total. The van der Waals surface area contributed by atoms with Gasteiger partial charge in [-0.05, 0) is 37.0 Å². The summed E-state index contributed by atoms with van der Waals surface area (Å²) >= 11 is 0. The van der Waals surface area contributed by atoms with Crippen molar-refractivity contribution in [3.05, 3.63) is 23.8 Å². The summed E-state index contributed by atoms with van der Waals surface area (Å²) in [6.07, 6.45) is 3.58. The minimum Gasteiger partial charge on any atom is -0.486 e. The molecule has 1 heterocycles. The highest BCUT2D eigenvalue weighted by molar-refractivity contribution is 5.43. The molecule has 0 atom stereocenters. The van der Waals surface area contributed by atoms with Crippen LogP contribution in [0.2, 0.25) is 0 Å². The summed E-state index contributed by atoms with van der Waals surface area (Å²) in [4.78, 5) is 0. The van der Waals surface area contributed by atoms with Crippen LogP contribution < -0.4 is 14.8 Å². The Morgan fingerprint density at radius 3 is 2.79 bits per heavy atom. The summed E-state index contributed by atoms with van der Waals surface area (Å²) in [6.45, 7) is 3.79. The third-order valence-electron chi connectivity index (χ3n) is 3.40. The number of fused-ring (bicyclic) bond motifs is 1. The SMILES string of the molecule is c1cc2c(cc1CCOCCNC1CC1)OCCO2. The third-order valence-corrected chi connectivity index (χ3v) is 3.40. The van der Waals surface area contributed by atoms with Crippen molar-refractivity contribution in [1.29, 1.82) is 0 Å². The van der Waals surface area contributed by atoms with Crippen LogP contribution in [0.15, 0.2) is 18.2 Å². The van der Waals surface area contributed by atoms with Crippen LogP contribution in [0.1, 0.15) is 18.4 Å². The highest BCUT2D eigenvalue weighted by Gasteiger charge is 2.19. The van der Waals surface area contributed by atoms with Gasteiger partial charge in [0.1, 0.15) is 13.2 Å². The van der Waals surface area contributed by atoms with E-state index < -0.39 is 0 Å². The molecule has 0 aromatic heterocycles. The second kappa shape index (κ2) is 6.26. The molecule has 0 spiro atoms. The summed E-state index contributed by atoms with van der Waals surface area (Å²) in [7, 11) is 0. The van der Waals surface area contributed by atoms with Gasteiger partial charge < -0.3 is 19.5 Å². The smallest absolute Gasteiger partial charge is 0.161 e. The Morgan fingerprint density at radius 2 is 1.95 bits per heavy atom. The number of ether oxygens (including phenoxy) is 3. The maximum absolute atomic E-state index is 5.63. The first kappa shape index (κ1) is 12.8. The number of hydrogen-bond donors (Lipinski definition) is 1. The molecule has 1 saturated carbocycles. The van der Waals surface area contributed by atoms with Gasteiger partial charge in [0, 0.05) is 12.6 Å². The van der Waals surface area contributed by atoms with E-state index in [-0.39, 0.29) is 0 Å². The Balaban J connectivity index is 1.37. The van der Waals surface area contributed by atoms with E-state index in [1.807, 2.05) is 6.07 Å². The molecule has 0 unspecified atom stereocenters. The monoisotopic (exact) mass is 263 g/mol. The predicted molar refractivity (Wildman–Crippen MR) is 73.0 cm³/mol. The van der Waals surface area contributed by atoms with E-state index in [4.69, 9.17) is 14.2 Å². The summed E-state index contributed by atoms with van der Waals surface area (Å²) < 4.78 is 16.7. The molecular formula is C15H21NO3. The first-order chi connectivity index (χ1) is 9.42. The fourth-order valence-corrected chi connectivity index (χ4v) is 2.16. The first-order valence-electron chi connectivity index (χ1n) is 7.11. The van der Waals surface area contributed by atoms with Gasteiger partial charge in [0.15, 0.2) is 11.5 Å². The van der Waals surface area contributed by atoms with Gasteiger partial charge in [-0.3, -0.25) is 0 Å². The second-order valence-corrected chi connectivity index (χ2v) is 5.07. The Bertz CT molecular complexity index is 418. The van der Waals surface area contributed by atoms with Crippen molar-refractivity contribution in [2.24, 2.45) is 0 Å². The number of benzene rings is 1. The number of nitrogens with one attached hydrogen (secondary N) is 1. The molecule has 0 amide bonds. The van der Waals surface area contributed by atoms with Gasteiger partial charge in [-0.2, -0.15) is 0 Å². The average Bonchev–Trinajstić information content (AvgIpc) is 3.27. The maximum Gasteiger partial charge on any atom is 0.161 e. The molecule has 2 aliphatic rings. The summed E-state index contributed by atoms with van der Waals surface area (Å²) in [5, 5.41) is 3.43. The summed E-state index contributed by atoms with van der Waals surface area (Å²) in [6, 6.07) is 6.89. The summed E-state index contributed by atoms with van der Waals surface area (Å²) in [5.74, 6) is 1.71. The van der Waals surface area contributed by atoms with Crippen molar-refractivity contribution in [2.45, 2.75) is 25.3 Å². The molecule has 1 aliphatic heterocycles. The van der Waals surface area contributed by atoms with Crippen molar-refractivity contribution >= 4 is 0 Å². The molecule has 1 aliphatic carbocycles. The molecular weight excluding hydrogens is 242 g/mol. The molecule has 0 bridgehead atoms. The fraction of sp³-hybridized carbons (Fsp3) is 0.600. The second-order valence-electron chi connectivity index (χ2n) is 5.07. The van der Waals surface area contributed by atoms with Crippen LogP contribution in [0.3, 0.4) is 0 Å². The van der Waals surface area contributed by atoms with Gasteiger partial charge in [-0.25, -0.2) is 0 Å². The Kier molecular flexibility index (Phi) is 4.20. The summed E-state index contributed by atoms with van der Waals surface area (Å²) in [5.41, 5.74) is 1.24. The van der Waals surface area contributed by atoms with E-state index in [2.05, 4.69) is 17.4 Å². The lowest BCUT2D eigenvalue weighted by Crippen LogP contribution is -2.22. The van der Waals surface area contributed by atoms with E-state index >= 15 is 0 Å². The van der Waals surface area contributed by atoms with E-state index in [1.165, 1.54) is 18.4 Å². The zero-order chi connectivity index (χ0) is 12.9. The van der Waals surface area contributed by atoms with E-state index in [9.17, 15) is 0 Å². The predicted octanol–water partition coefficient (Wildman–Crippen LogP) is 1.77. The number of hydrogen-bond acceptors (Lipinski definition) is 4. The average molecular weight is 263 g/mol. The minimum absolute atomic E-state index is 0.639. The third kappa shape index (κ3) is 3.85. The lowest BCUT2D eigenvalue weighted by atomic mass is 10.1. The fourth-order valence-electron chi connectivity index (χ4n) is 2.16. The van der Waals surface area contributed by atoms with Crippen molar-refractivity contribution in [1.82, 2.24) is 5.32 Å². The van der Waals surface area contributed by atoms with Gasteiger partial charge >= 0.3 is 0 Å². The van der Waals surface area contributed by atoms with Gasteiger partial charge in [0.2, 0.25) is 0 Å². The zero-order valence-electron chi connectivity index (χ0n) is 11.2. The Morgan fingerprint density at radius 1 is 1.11 bits per heavy atom. The van der Waals surface area contributed by atoms with Crippen LogP contribution in [-0.4, -0.2) is 39.0 Å². The molecule has 1 fully saturated rings. The Hall–Kier alpha value is -1.26. The topological polar surface area (TPSA) is 39.7 Å². The van der Waals surface area contributed by atoms with Crippen LogP contribution in [0.4, 0.5) is 0 Å². The zero-order valence-corrected chi connectivity index (χ0v) is 11.2. The highest BCUT2D eigenvalue weighted by Crippen LogP contribution is 2.30. The van der Waals surface area contributed by atoms with Crippen molar-refractivity contribution in [3.8, 4) is 11.5 Å². The Labute approximate surface area is 114 Å². The van der Waals surface area contributed by atoms with Crippen molar-refractivity contribution in [2.75, 3.05) is 33.0 Å². The van der Waals surface area contributed by atoms with E-state index in [0.29, 0.717) is 13.2 Å². The van der Waals surface area contributed by atoms with Crippen LogP contribution in [0.5, 0.6) is 11.5 Å². The largest absolute Gasteiger partial charge is 0.486 e. The molecule has 1 N–H and O–H groups in total. The molecule has 19 heavy (non-hydrogen) atoms. The quantitative estimate of drug-likeness (QED) is 0.761. The molecule has 104 valence electrons. The van der Waals surface area contributed by atoms with E-state index in [0.717, 1.165) is 43.7 Å². The van der Waals surface area contributed by atoms with Crippen molar-refractivity contribution < 1.29 is 14.2 Å². The van der Waals surface area contributed by atoms with Crippen LogP contribution in [0, 0.1) is 0 Å². The highest BCUT2D eigenvalue weighted by atomic mass is 16.6. The minimum atomic E-state index is 0.639. The van der Waals surface area contributed by atoms with Crippen LogP contribution in [-0.2, 0) is 11.2 Å². The lowest BCUT2D eigenvalue weighted by molar-refractivity contribution is 0.138. The van der Waals surface area contributed by atoms with Gasteiger partial charge in [-0.15, -0.1) is 0 Å². The van der Waals surface area contributed by atoms with Gasteiger partial charge in [0.25, 0.3) is 0 Å². The van der Waals surface area contributed by atoms with Gasteiger partial charge in [-0.1, -0.05) is 6.07 Å². The standard InChI is InChI=1S/C15H21NO3/c1-4-14-15(19-10-9-18-14)11-12(1)5-7-17-8-6-16-13-2-3-13/h1,4,11,13,16H,2-3,5-10H2. The molecule has 1 aromatic rings. The normalized spacial score (nSPS) is 17.5. The van der Waals surface area contributed by atoms with Crippen LogP contribution >= 0.6 is 0 Å². The van der Waals surface area contributed by atoms with Crippen LogP contribution in [0.25, 0.3) is 0 Å². The van der Waals surface area contributed by atoms with Gasteiger partial charge in [0.05, 0.1) is 13.2 Å². The van der Waals surface area contributed by atoms with E-state index in [1.54, 1.807) is 0 Å². The maximum atomic E-state index is 5.63. The lowest BCUT2D eigenvalue weighted by Gasteiger charge is -2.18. The van der Waals surface area contributed by atoms with Crippen molar-refractivity contribution in [3.63, 3.8) is 0 Å². The molecule has 0 saturated heterocycles. The molecule has 3 rings (SSSR count). The molecule has 1 aromatic carbocycles. The molecule has 0 radical (unpaired) electrons. The first-order valence-corrected chi connectivity index (χ1v) is 7.11. The number of rotatable bonds is 7. The molecule has 4 heteroatoms.